The Hall–Kier alpha value is -1.75. The maximum absolute atomic E-state index is 13.2. The Morgan fingerprint density at radius 1 is 1.22 bits per heavy atom. The van der Waals surface area contributed by atoms with E-state index in [1.807, 2.05) is 0 Å². The number of anilines is 1. The number of carbonyl (C=O) groups excluding carboxylic acids is 1. The molecule has 8 nitrogen and oxygen atoms in total. The smallest absolute Gasteiger partial charge is 0.304 e. The monoisotopic (exact) mass is 402 g/mol. The van der Waals surface area contributed by atoms with Gasteiger partial charge in [0.2, 0.25) is 5.91 Å². The van der Waals surface area contributed by atoms with E-state index < -0.39 is 21.9 Å². The molecule has 1 saturated heterocycles. The quantitative estimate of drug-likeness (QED) is 0.600. The van der Waals surface area contributed by atoms with Crippen LogP contribution in [0, 0.1) is 5.82 Å². The molecule has 1 aromatic rings. The van der Waals surface area contributed by atoms with E-state index in [1.54, 1.807) is 0 Å². The zero-order valence-corrected chi connectivity index (χ0v) is 16.5. The van der Waals surface area contributed by atoms with Crippen LogP contribution in [0.4, 0.5) is 10.1 Å². The van der Waals surface area contributed by atoms with Gasteiger partial charge in [0.05, 0.1) is 18.9 Å². The van der Waals surface area contributed by atoms with Crippen LogP contribution in [-0.4, -0.2) is 83.6 Å². The van der Waals surface area contributed by atoms with Crippen LogP contribution in [0.1, 0.15) is 6.42 Å². The van der Waals surface area contributed by atoms with Gasteiger partial charge in [0.25, 0.3) is 0 Å². The summed E-state index contributed by atoms with van der Waals surface area (Å²) in [6, 6.07) is 4.99. The average Bonchev–Trinajstić information content (AvgIpc) is 2.65. The molecule has 0 radical (unpaired) electrons. The third-order valence-electron chi connectivity index (χ3n) is 4.22. The van der Waals surface area contributed by atoms with Crippen molar-refractivity contribution in [1.82, 2.24) is 14.5 Å². The Balaban J connectivity index is 1.91. The summed E-state index contributed by atoms with van der Waals surface area (Å²) in [5.74, 6) is -0.889. The fourth-order valence-corrected chi connectivity index (χ4v) is 3.71. The highest BCUT2D eigenvalue weighted by Gasteiger charge is 2.27. The Morgan fingerprint density at radius 2 is 1.85 bits per heavy atom. The molecule has 0 spiro atoms. The molecule has 1 heterocycles. The largest absolute Gasteiger partial charge is 0.379 e. The lowest BCUT2D eigenvalue weighted by molar-refractivity contribution is -0.119. The van der Waals surface area contributed by atoms with E-state index in [9.17, 15) is 17.6 Å². The molecule has 1 fully saturated rings. The van der Waals surface area contributed by atoms with Crippen molar-refractivity contribution in [2.24, 2.45) is 0 Å². The Morgan fingerprint density at radius 3 is 2.44 bits per heavy atom. The first-order chi connectivity index (χ1) is 12.8. The maximum atomic E-state index is 13.2. The highest BCUT2D eigenvalue weighted by molar-refractivity contribution is 7.90. The van der Waals surface area contributed by atoms with Gasteiger partial charge in [0.15, 0.2) is 0 Å². The van der Waals surface area contributed by atoms with E-state index in [0.29, 0.717) is 6.54 Å². The first kappa shape index (κ1) is 21.5. The zero-order valence-electron chi connectivity index (χ0n) is 15.7. The third-order valence-corrected chi connectivity index (χ3v) is 6.04. The molecule has 2 rings (SSSR count). The van der Waals surface area contributed by atoms with E-state index in [4.69, 9.17) is 4.74 Å². The van der Waals surface area contributed by atoms with Crippen molar-refractivity contribution in [1.29, 1.82) is 0 Å². The lowest BCUT2D eigenvalue weighted by atomic mass is 10.3. The van der Waals surface area contributed by atoms with Gasteiger partial charge in [-0.2, -0.15) is 12.7 Å². The van der Waals surface area contributed by atoms with Crippen molar-refractivity contribution >= 4 is 21.8 Å². The SMILES string of the molecule is CN(C)S(=O)(=O)N(CC(=O)NCCCN1CCOCC1)c1ccc(F)cc1. The fraction of sp³-hybridized carbons (Fsp3) is 0.588. The molecule has 1 aliphatic rings. The summed E-state index contributed by atoms with van der Waals surface area (Å²) in [5.41, 5.74) is 0.230. The average molecular weight is 402 g/mol. The Kier molecular flexibility index (Phi) is 7.96. The number of hydrogen-bond acceptors (Lipinski definition) is 5. The highest BCUT2D eigenvalue weighted by atomic mass is 32.2. The van der Waals surface area contributed by atoms with E-state index in [-0.39, 0.29) is 12.2 Å². The number of hydrogen-bond donors (Lipinski definition) is 1. The minimum atomic E-state index is -3.89. The summed E-state index contributed by atoms with van der Waals surface area (Å²) in [7, 11) is -1.12. The third kappa shape index (κ3) is 6.42. The van der Waals surface area contributed by atoms with Crippen molar-refractivity contribution in [2.75, 3.05) is 64.3 Å². The van der Waals surface area contributed by atoms with E-state index in [0.717, 1.165) is 60.0 Å². The minimum absolute atomic E-state index is 0.230. The number of nitrogens with zero attached hydrogens (tertiary/aromatic N) is 3. The molecular weight excluding hydrogens is 375 g/mol. The molecule has 0 bridgehead atoms. The molecule has 152 valence electrons. The standard InChI is InChI=1S/C17H27FN4O4S/c1-20(2)27(24,25)22(16-6-4-15(18)5-7-16)14-17(23)19-8-3-9-21-10-12-26-13-11-21/h4-7H,3,8-14H2,1-2H3,(H,19,23). The number of amides is 1. The summed E-state index contributed by atoms with van der Waals surface area (Å²) in [6.45, 7) is 4.14. The summed E-state index contributed by atoms with van der Waals surface area (Å²) >= 11 is 0. The van der Waals surface area contributed by atoms with Gasteiger partial charge in [-0.3, -0.25) is 9.69 Å². The van der Waals surface area contributed by atoms with Crippen molar-refractivity contribution in [3.63, 3.8) is 0 Å². The van der Waals surface area contributed by atoms with Gasteiger partial charge in [0.1, 0.15) is 12.4 Å². The molecule has 1 aliphatic heterocycles. The fourth-order valence-electron chi connectivity index (χ4n) is 2.65. The van der Waals surface area contributed by atoms with Crippen molar-refractivity contribution in [3.8, 4) is 0 Å². The highest BCUT2D eigenvalue weighted by Crippen LogP contribution is 2.19. The molecule has 27 heavy (non-hydrogen) atoms. The summed E-state index contributed by atoms with van der Waals surface area (Å²) in [4.78, 5) is 14.5. The summed E-state index contributed by atoms with van der Waals surface area (Å²) in [5, 5.41) is 2.75. The van der Waals surface area contributed by atoms with E-state index in [2.05, 4.69) is 10.2 Å². The number of morpholine rings is 1. The lowest BCUT2D eigenvalue weighted by Gasteiger charge is -2.27. The van der Waals surface area contributed by atoms with Gasteiger partial charge in [-0.1, -0.05) is 0 Å². The second-order valence-corrected chi connectivity index (χ2v) is 8.50. The van der Waals surface area contributed by atoms with Gasteiger partial charge in [0, 0.05) is 33.7 Å². The lowest BCUT2D eigenvalue weighted by Crippen LogP contribution is -2.46. The van der Waals surface area contributed by atoms with Crippen LogP contribution >= 0.6 is 0 Å². The molecule has 0 saturated carbocycles. The van der Waals surface area contributed by atoms with Crippen molar-refractivity contribution in [3.05, 3.63) is 30.1 Å². The normalized spacial score (nSPS) is 15.7. The van der Waals surface area contributed by atoms with Crippen LogP contribution in [0.3, 0.4) is 0 Å². The first-order valence-electron chi connectivity index (χ1n) is 8.83. The van der Waals surface area contributed by atoms with Crippen LogP contribution in [0.5, 0.6) is 0 Å². The van der Waals surface area contributed by atoms with Crippen molar-refractivity contribution in [2.45, 2.75) is 6.42 Å². The molecule has 10 heteroatoms. The summed E-state index contributed by atoms with van der Waals surface area (Å²) in [6.07, 6.45) is 0.767. The van der Waals surface area contributed by atoms with Gasteiger partial charge < -0.3 is 10.1 Å². The molecule has 1 amide bonds. The Bertz CT molecular complexity index is 706. The number of benzene rings is 1. The van der Waals surface area contributed by atoms with Gasteiger partial charge in [-0.15, -0.1) is 0 Å². The van der Waals surface area contributed by atoms with Gasteiger partial charge in [-0.25, -0.2) is 8.70 Å². The molecule has 1 aromatic carbocycles. The van der Waals surface area contributed by atoms with Crippen LogP contribution in [0.2, 0.25) is 0 Å². The predicted octanol–water partition coefficient (Wildman–Crippen LogP) is 0.277. The van der Waals surface area contributed by atoms with Gasteiger partial charge in [-0.05, 0) is 37.2 Å². The number of halogens is 1. The number of rotatable bonds is 9. The van der Waals surface area contributed by atoms with Crippen LogP contribution in [0.25, 0.3) is 0 Å². The number of carbonyl (C=O) groups is 1. The molecule has 0 aromatic heterocycles. The molecule has 0 aliphatic carbocycles. The number of nitrogens with one attached hydrogen (secondary N) is 1. The zero-order chi connectivity index (χ0) is 19.9. The topological polar surface area (TPSA) is 82.2 Å². The van der Waals surface area contributed by atoms with Crippen LogP contribution in [-0.2, 0) is 19.7 Å². The predicted molar refractivity (Wildman–Crippen MR) is 101 cm³/mol. The second kappa shape index (κ2) is 9.98. The van der Waals surface area contributed by atoms with E-state index in [1.165, 1.54) is 26.2 Å². The maximum Gasteiger partial charge on any atom is 0.304 e. The molecule has 0 atom stereocenters. The minimum Gasteiger partial charge on any atom is -0.379 e. The van der Waals surface area contributed by atoms with Gasteiger partial charge >= 0.3 is 10.2 Å². The van der Waals surface area contributed by atoms with Crippen LogP contribution in [0.15, 0.2) is 24.3 Å². The second-order valence-electron chi connectivity index (χ2n) is 6.43. The number of ether oxygens (including phenoxy) is 1. The molecule has 0 unspecified atom stereocenters. The van der Waals surface area contributed by atoms with Crippen molar-refractivity contribution < 1.29 is 22.3 Å². The molecule has 1 N–H and O–H groups in total. The summed E-state index contributed by atoms with van der Waals surface area (Å²) < 4.78 is 45.5. The molecular formula is C17H27FN4O4S. The Labute approximate surface area is 160 Å². The van der Waals surface area contributed by atoms with E-state index >= 15 is 0 Å². The first-order valence-corrected chi connectivity index (χ1v) is 10.2. The van der Waals surface area contributed by atoms with Crippen LogP contribution < -0.4 is 9.62 Å².